The van der Waals surface area contributed by atoms with Crippen molar-refractivity contribution in [1.82, 2.24) is 5.43 Å². The molecule has 0 aliphatic rings. The number of nitro groups is 1. The topological polar surface area (TPSA) is 138 Å². The molecule has 0 atom stereocenters. The second-order valence-electron chi connectivity index (χ2n) is 4.81. The van der Waals surface area contributed by atoms with Crippen LogP contribution in [-0.2, 0) is 4.79 Å². The molecule has 0 radical (unpaired) electrons. The van der Waals surface area contributed by atoms with Crippen LogP contribution in [0.15, 0.2) is 46.0 Å². The molecule has 2 aromatic carbocycles. The highest BCUT2D eigenvalue weighted by molar-refractivity contribution is 9.10. The molecule has 2 aromatic rings. The highest BCUT2D eigenvalue weighted by Crippen LogP contribution is 2.31. The van der Waals surface area contributed by atoms with Gasteiger partial charge >= 0.3 is 0 Å². The smallest absolute Gasteiger partial charge is 0.277 e. The zero-order chi connectivity index (χ0) is 19.1. The van der Waals surface area contributed by atoms with Crippen molar-refractivity contribution in [2.75, 3.05) is 6.61 Å². The molecule has 0 aliphatic heterocycles. The van der Waals surface area contributed by atoms with Gasteiger partial charge < -0.3 is 9.84 Å². The lowest BCUT2D eigenvalue weighted by molar-refractivity contribution is -0.385. The van der Waals surface area contributed by atoms with Crippen LogP contribution in [-0.4, -0.2) is 28.8 Å². The average molecular weight is 419 g/mol. The Morgan fingerprint density at radius 1 is 1.46 bits per heavy atom. The van der Waals surface area contributed by atoms with E-state index in [1.165, 1.54) is 0 Å². The van der Waals surface area contributed by atoms with E-state index in [1.807, 2.05) is 6.07 Å². The molecule has 0 fully saturated rings. The fraction of sp³-hybridized carbons (Fsp3) is 0.0625. The van der Waals surface area contributed by atoms with Crippen LogP contribution in [0.2, 0.25) is 0 Å². The lowest BCUT2D eigenvalue weighted by atomic mass is 10.2. The van der Waals surface area contributed by atoms with E-state index in [2.05, 4.69) is 26.5 Å². The van der Waals surface area contributed by atoms with E-state index in [4.69, 9.17) is 10.00 Å². The Morgan fingerprint density at radius 2 is 2.19 bits per heavy atom. The van der Waals surface area contributed by atoms with Crippen molar-refractivity contribution in [2.45, 2.75) is 0 Å². The van der Waals surface area contributed by atoms with Crippen molar-refractivity contribution in [1.29, 1.82) is 5.26 Å². The van der Waals surface area contributed by atoms with Crippen molar-refractivity contribution in [3.8, 4) is 17.6 Å². The monoisotopic (exact) mass is 418 g/mol. The van der Waals surface area contributed by atoms with E-state index >= 15 is 0 Å². The first kappa shape index (κ1) is 18.9. The fourth-order valence-corrected chi connectivity index (χ4v) is 2.31. The van der Waals surface area contributed by atoms with E-state index in [0.29, 0.717) is 0 Å². The number of hydrazone groups is 1. The number of carbonyl (C=O) groups is 1. The molecule has 0 spiro atoms. The number of nitriles is 1. The number of nitro benzene ring substituents is 1. The Labute approximate surface area is 155 Å². The summed E-state index contributed by atoms with van der Waals surface area (Å²) >= 11 is 3.00. The van der Waals surface area contributed by atoms with Gasteiger partial charge in [0.05, 0.1) is 21.2 Å². The number of amides is 1. The van der Waals surface area contributed by atoms with E-state index < -0.39 is 10.8 Å². The Hall–Kier alpha value is -3.45. The van der Waals surface area contributed by atoms with Crippen molar-refractivity contribution < 1.29 is 19.6 Å². The summed E-state index contributed by atoms with van der Waals surface area (Å²) < 4.78 is 5.35. The number of rotatable bonds is 6. The number of carbonyl (C=O) groups excluding carboxylic acids is 1. The molecule has 0 unspecified atom stereocenters. The Morgan fingerprint density at radius 3 is 2.88 bits per heavy atom. The first-order valence-electron chi connectivity index (χ1n) is 7.03. The minimum Gasteiger partial charge on any atom is -0.506 e. The van der Waals surface area contributed by atoms with Gasteiger partial charge in [-0.3, -0.25) is 14.9 Å². The predicted octanol–water partition coefficient (Wildman–Crippen LogP) is 2.46. The summed E-state index contributed by atoms with van der Waals surface area (Å²) in [6.45, 7) is -0.388. The molecule has 0 aromatic heterocycles. The number of halogens is 1. The zero-order valence-electron chi connectivity index (χ0n) is 13.0. The molecule has 2 N–H and O–H groups in total. The molecule has 0 bridgehead atoms. The normalized spacial score (nSPS) is 10.3. The Balaban J connectivity index is 1.99. The van der Waals surface area contributed by atoms with Crippen LogP contribution in [0, 0.1) is 21.4 Å². The number of para-hydroxylation sites is 1. The summed E-state index contributed by atoms with van der Waals surface area (Å²) in [7, 11) is 0. The van der Waals surface area contributed by atoms with Gasteiger partial charge in [-0.25, -0.2) is 5.43 Å². The maximum atomic E-state index is 11.7. The van der Waals surface area contributed by atoms with Crippen LogP contribution in [0.25, 0.3) is 0 Å². The quantitative estimate of drug-likeness (QED) is 0.419. The Kier molecular flexibility index (Phi) is 6.24. The van der Waals surface area contributed by atoms with Gasteiger partial charge in [0.2, 0.25) is 0 Å². The van der Waals surface area contributed by atoms with Gasteiger partial charge in [0.15, 0.2) is 6.61 Å². The molecule has 0 saturated carbocycles. The third-order valence-electron chi connectivity index (χ3n) is 3.05. The summed E-state index contributed by atoms with van der Waals surface area (Å²) in [6, 6.07) is 10.6. The summed E-state index contributed by atoms with van der Waals surface area (Å²) in [4.78, 5) is 21.9. The number of nitrogens with zero attached hydrogens (tertiary/aromatic N) is 3. The van der Waals surface area contributed by atoms with E-state index in [-0.39, 0.29) is 39.4 Å². The number of phenolic OH excluding ortho intramolecular Hbond substituents is 1. The zero-order valence-corrected chi connectivity index (χ0v) is 14.6. The molecule has 9 nitrogen and oxygen atoms in total. The van der Waals surface area contributed by atoms with Crippen molar-refractivity contribution in [3.05, 3.63) is 62.1 Å². The molecule has 0 saturated heterocycles. The number of benzene rings is 2. The third kappa shape index (κ3) is 4.78. The number of nitrogens with one attached hydrogen (secondary N) is 1. The van der Waals surface area contributed by atoms with Crippen LogP contribution in [0.1, 0.15) is 11.1 Å². The van der Waals surface area contributed by atoms with E-state index in [9.17, 15) is 20.0 Å². The van der Waals surface area contributed by atoms with Gasteiger partial charge in [-0.15, -0.1) is 0 Å². The third-order valence-corrected chi connectivity index (χ3v) is 3.65. The SMILES string of the molecule is N#Cc1ccccc1OCC(=O)NN=Cc1cc([N+](=O)[O-])cc(Br)c1O. The molecular formula is C16H11BrN4O5. The number of non-ortho nitro benzene ring substituents is 1. The lowest BCUT2D eigenvalue weighted by Crippen LogP contribution is -2.24. The van der Waals surface area contributed by atoms with Gasteiger partial charge in [0, 0.05) is 17.7 Å². The van der Waals surface area contributed by atoms with Crippen LogP contribution < -0.4 is 10.2 Å². The van der Waals surface area contributed by atoms with Crippen LogP contribution in [0.4, 0.5) is 5.69 Å². The maximum Gasteiger partial charge on any atom is 0.277 e. The summed E-state index contributed by atoms with van der Waals surface area (Å²) in [5.41, 5.74) is 2.24. The largest absolute Gasteiger partial charge is 0.506 e. The molecule has 132 valence electrons. The van der Waals surface area contributed by atoms with Crippen LogP contribution >= 0.6 is 15.9 Å². The first-order valence-corrected chi connectivity index (χ1v) is 7.82. The summed E-state index contributed by atoms with van der Waals surface area (Å²) in [5, 5.41) is 33.2. The molecule has 2 rings (SSSR count). The number of hydrogen-bond acceptors (Lipinski definition) is 7. The first-order chi connectivity index (χ1) is 12.4. The highest BCUT2D eigenvalue weighted by Gasteiger charge is 2.13. The molecule has 10 heteroatoms. The number of ether oxygens (including phenoxy) is 1. The Bertz CT molecular complexity index is 923. The summed E-state index contributed by atoms with van der Waals surface area (Å²) in [5.74, 6) is -0.611. The van der Waals surface area contributed by atoms with Crippen molar-refractivity contribution in [3.63, 3.8) is 0 Å². The highest BCUT2D eigenvalue weighted by atomic mass is 79.9. The van der Waals surface area contributed by atoms with E-state index in [0.717, 1.165) is 18.3 Å². The number of hydrogen-bond donors (Lipinski definition) is 2. The minimum atomic E-state index is -0.624. The van der Waals surface area contributed by atoms with Gasteiger partial charge in [0.1, 0.15) is 17.6 Å². The minimum absolute atomic E-state index is 0.0436. The van der Waals surface area contributed by atoms with Gasteiger partial charge in [0.25, 0.3) is 11.6 Å². The van der Waals surface area contributed by atoms with Crippen LogP contribution in [0.3, 0.4) is 0 Å². The summed E-state index contributed by atoms with van der Waals surface area (Å²) in [6.07, 6.45) is 1.06. The fourth-order valence-electron chi connectivity index (χ4n) is 1.84. The predicted molar refractivity (Wildman–Crippen MR) is 94.8 cm³/mol. The van der Waals surface area contributed by atoms with Crippen molar-refractivity contribution in [2.24, 2.45) is 5.10 Å². The van der Waals surface area contributed by atoms with Gasteiger partial charge in [-0.05, 0) is 28.1 Å². The maximum absolute atomic E-state index is 11.7. The lowest BCUT2D eigenvalue weighted by Gasteiger charge is -2.06. The second kappa shape index (κ2) is 8.59. The molecular weight excluding hydrogens is 408 g/mol. The van der Waals surface area contributed by atoms with E-state index in [1.54, 1.807) is 24.3 Å². The molecule has 26 heavy (non-hydrogen) atoms. The molecule has 0 heterocycles. The number of phenols is 1. The number of aromatic hydroxyl groups is 1. The van der Waals surface area contributed by atoms with Gasteiger partial charge in [-0.1, -0.05) is 12.1 Å². The van der Waals surface area contributed by atoms with Crippen LogP contribution in [0.5, 0.6) is 11.5 Å². The molecule has 1 amide bonds. The second-order valence-corrected chi connectivity index (χ2v) is 5.67. The average Bonchev–Trinajstić information content (AvgIpc) is 2.63. The van der Waals surface area contributed by atoms with Crippen molar-refractivity contribution >= 4 is 33.7 Å². The van der Waals surface area contributed by atoms with Gasteiger partial charge in [-0.2, -0.15) is 10.4 Å². The molecule has 0 aliphatic carbocycles. The standard InChI is InChI=1S/C16H11BrN4O5/c17-13-6-12(21(24)25)5-11(16(13)23)8-19-20-15(22)9-26-14-4-2-1-3-10(14)7-18/h1-6,8,23H,9H2,(H,20,22).